The number of hydrogen-bond acceptors (Lipinski definition) is 1. The fourth-order valence-corrected chi connectivity index (χ4v) is 5.44. The molecule has 0 N–H and O–H groups in total. The predicted molar refractivity (Wildman–Crippen MR) is 109 cm³/mol. The van der Waals surface area contributed by atoms with Gasteiger partial charge in [0, 0.05) is 9.79 Å². The summed E-state index contributed by atoms with van der Waals surface area (Å²) < 4.78 is 0. The molecule has 132 valence electrons. The summed E-state index contributed by atoms with van der Waals surface area (Å²) >= 11 is 1.90. The van der Waals surface area contributed by atoms with Gasteiger partial charge in [0.05, 0.1) is 0 Å². The third-order valence-electron chi connectivity index (χ3n) is 6.15. The topological polar surface area (TPSA) is 0 Å². The first-order valence-corrected chi connectivity index (χ1v) is 11.1. The number of hydrogen-bond donors (Lipinski definition) is 0. The van der Waals surface area contributed by atoms with E-state index in [-0.39, 0.29) is 0 Å². The average Bonchev–Trinajstić information content (AvgIpc) is 2.71. The minimum Gasteiger partial charge on any atom is -0.0901 e. The summed E-state index contributed by atoms with van der Waals surface area (Å²) in [5.41, 5.74) is 3.10. The van der Waals surface area contributed by atoms with E-state index < -0.39 is 0 Å². The lowest BCUT2D eigenvalue weighted by atomic mass is 9.84. The molecular formula is C24H30S. The van der Waals surface area contributed by atoms with Crippen molar-refractivity contribution in [2.24, 2.45) is 0 Å². The highest BCUT2D eigenvalue weighted by Gasteiger charge is 2.16. The van der Waals surface area contributed by atoms with Gasteiger partial charge in [0.25, 0.3) is 0 Å². The smallest absolute Gasteiger partial charge is 0.0122 e. The van der Waals surface area contributed by atoms with Crippen LogP contribution < -0.4 is 0 Å². The van der Waals surface area contributed by atoms with E-state index in [2.05, 4.69) is 48.5 Å². The van der Waals surface area contributed by atoms with Gasteiger partial charge in [-0.1, -0.05) is 74.6 Å². The Morgan fingerprint density at radius 3 is 1.20 bits per heavy atom. The second-order valence-electron chi connectivity index (χ2n) is 7.91. The Morgan fingerprint density at radius 1 is 0.480 bits per heavy atom. The third kappa shape index (κ3) is 4.50. The molecule has 0 unspecified atom stereocenters. The van der Waals surface area contributed by atoms with Gasteiger partial charge in [-0.15, -0.1) is 0 Å². The van der Waals surface area contributed by atoms with Crippen molar-refractivity contribution in [3.63, 3.8) is 0 Å². The van der Waals surface area contributed by atoms with Gasteiger partial charge < -0.3 is 0 Å². The summed E-state index contributed by atoms with van der Waals surface area (Å²) in [7, 11) is 0. The summed E-state index contributed by atoms with van der Waals surface area (Å²) in [6.07, 6.45) is 14.0. The van der Waals surface area contributed by atoms with E-state index in [9.17, 15) is 0 Å². The van der Waals surface area contributed by atoms with Gasteiger partial charge >= 0.3 is 0 Å². The summed E-state index contributed by atoms with van der Waals surface area (Å²) in [4.78, 5) is 2.73. The van der Waals surface area contributed by atoms with Crippen molar-refractivity contribution in [2.75, 3.05) is 0 Å². The zero-order chi connectivity index (χ0) is 16.9. The van der Waals surface area contributed by atoms with E-state index in [0.29, 0.717) is 0 Å². The lowest BCUT2D eigenvalue weighted by molar-refractivity contribution is 0.443. The standard InChI is InChI=1S/C24H30S/c1-3-7-19(8-4-1)21-11-15-23(16-12-21)25-24-17-13-22(14-18-24)20-9-5-2-6-10-20/h11-20H,1-10H2. The Bertz CT molecular complexity index is 584. The molecule has 0 aliphatic heterocycles. The number of benzene rings is 2. The van der Waals surface area contributed by atoms with Crippen molar-refractivity contribution in [2.45, 2.75) is 85.8 Å². The molecule has 0 nitrogen and oxygen atoms in total. The molecule has 0 heterocycles. The fraction of sp³-hybridized carbons (Fsp3) is 0.500. The SMILES string of the molecule is c1cc(C2CCCCC2)ccc1Sc1ccc(C2CCCCC2)cc1. The minimum absolute atomic E-state index is 0.808. The molecule has 0 bridgehead atoms. The van der Waals surface area contributed by atoms with Crippen LogP contribution in [0, 0.1) is 0 Å². The maximum absolute atomic E-state index is 2.37. The van der Waals surface area contributed by atoms with Gasteiger partial charge in [-0.2, -0.15) is 0 Å². The molecule has 0 saturated heterocycles. The molecule has 0 amide bonds. The predicted octanol–water partition coefficient (Wildman–Crippen LogP) is 7.93. The molecule has 4 rings (SSSR count). The van der Waals surface area contributed by atoms with Crippen molar-refractivity contribution < 1.29 is 0 Å². The van der Waals surface area contributed by atoms with Crippen molar-refractivity contribution >= 4 is 11.8 Å². The van der Waals surface area contributed by atoms with Crippen LogP contribution in [0.3, 0.4) is 0 Å². The molecule has 0 radical (unpaired) electrons. The Balaban J connectivity index is 1.38. The molecule has 25 heavy (non-hydrogen) atoms. The second-order valence-corrected chi connectivity index (χ2v) is 9.06. The Morgan fingerprint density at radius 2 is 0.840 bits per heavy atom. The summed E-state index contributed by atoms with van der Waals surface area (Å²) in [5, 5.41) is 0. The molecule has 2 fully saturated rings. The minimum atomic E-state index is 0.808. The molecule has 2 aliphatic rings. The third-order valence-corrected chi connectivity index (χ3v) is 7.16. The van der Waals surface area contributed by atoms with Crippen LogP contribution in [0.4, 0.5) is 0 Å². The van der Waals surface area contributed by atoms with Crippen molar-refractivity contribution in [3.8, 4) is 0 Å². The second kappa shape index (κ2) is 8.45. The first kappa shape index (κ1) is 17.2. The van der Waals surface area contributed by atoms with Gasteiger partial charge in [0.2, 0.25) is 0 Å². The van der Waals surface area contributed by atoms with Crippen molar-refractivity contribution in [3.05, 3.63) is 59.7 Å². The molecule has 1 heteroatoms. The monoisotopic (exact) mass is 350 g/mol. The summed E-state index contributed by atoms with van der Waals surface area (Å²) in [6.45, 7) is 0. The van der Waals surface area contributed by atoms with E-state index in [1.165, 1.54) is 74.0 Å². The van der Waals surface area contributed by atoms with Gasteiger partial charge in [0.15, 0.2) is 0 Å². The molecule has 0 spiro atoms. The summed E-state index contributed by atoms with van der Waals surface area (Å²) in [5.74, 6) is 1.62. The normalized spacial score (nSPS) is 19.8. The molecule has 2 saturated carbocycles. The molecule has 0 aromatic heterocycles. The zero-order valence-electron chi connectivity index (χ0n) is 15.3. The quantitative estimate of drug-likeness (QED) is 0.539. The van der Waals surface area contributed by atoms with E-state index in [4.69, 9.17) is 0 Å². The highest BCUT2D eigenvalue weighted by atomic mass is 32.2. The summed E-state index contributed by atoms with van der Waals surface area (Å²) in [6, 6.07) is 18.8. The van der Waals surface area contributed by atoms with Gasteiger partial charge in [-0.3, -0.25) is 0 Å². The zero-order valence-corrected chi connectivity index (χ0v) is 16.1. The van der Waals surface area contributed by atoms with E-state index >= 15 is 0 Å². The maximum atomic E-state index is 2.37. The van der Waals surface area contributed by atoms with Crippen LogP contribution in [0.25, 0.3) is 0 Å². The average molecular weight is 351 g/mol. The molecule has 2 aliphatic carbocycles. The van der Waals surface area contributed by atoms with Crippen molar-refractivity contribution in [1.29, 1.82) is 0 Å². The van der Waals surface area contributed by atoms with E-state index in [1.807, 2.05) is 11.8 Å². The van der Waals surface area contributed by atoms with Crippen LogP contribution in [0.1, 0.15) is 87.2 Å². The Labute approximate surface area is 157 Å². The first-order chi connectivity index (χ1) is 12.4. The molecule has 2 aromatic rings. The Kier molecular flexibility index (Phi) is 5.82. The lowest BCUT2D eigenvalue weighted by Crippen LogP contribution is -2.04. The van der Waals surface area contributed by atoms with Gasteiger partial charge in [-0.05, 0) is 72.9 Å². The largest absolute Gasteiger partial charge is 0.0901 e. The van der Waals surface area contributed by atoms with Crippen LogP contribution in [0.15, 0.2) is 58.3 Å². The number of rotatable bonds is 4. The maximum Gasteiger partial charge on any atom is 0.0122 e. The van der Waals surface area contributed by atoms with Crippen LogP contribution in [0.2, 0.25) is 0 Å². The highest BCUT2D eigenvalue weighted by molar-refractivity contribution is 7.99. The highest BCUT2D eigenvalue weighted by Crippen LogP contribution is 2.36. The van der Waals surface area contributed by atoms with Crippen LogP contribution >= 0.6 is 11.8 Å². The fourth-order valence-electron chi connectivity index (χ4n) is 4.62. The van der Waals surface area contributed by atoms with Crippen molar-refractivity contribution in [1.82, 2.24) is 0 Å². The first-order valence-electron chi connectivity index (χ1n) is 10.3. The molecular weight excluding hydrogens is 320 g/mol. The van der Waals surface area contributed by atoms with Gasteiger partial charge in [0.1, 0.15) is 0 Å². The van der Waals surface area contributed by atoms with Crippen LogP contribution in [-0.4, -0.2) is 0 Å². The molecule has 2 aromatic carbocycles. The van der Waals surface area contributed by atoms with E-state index in [0.717, 1.165) is 11.8 Å². The lowest BCUT2D eigenvalue weighted by Gasteiger charge is -2.22. The van der Waals surface area contributed by atoms with Gasteiger partial charge in [-0.25, -0.2) is 0 Å². The van der Waals surface area contributed by atoms with Crippen LogP contribution in [0.5, 0.6) is 0 Å². The van der Waals surface area contributed by atoms with Crippen LogP contribution in [-0.2, 0) is 0 Å². The Hall–Kier alpha value is -1.21. The molecule has 0 atom stereocenters. The van der Waals surface area contributed by atoms with E-state index in [1.54, 1.807) is 11.1 Å².